The van der Waals surface area contributed by atoms with Crippen molar-refractivity contribution in [1.29, 1.82) is 0 Å². The first-order valence-electron chi connectivity index (χ1n) is 8.23. The molecule has 0 radical (unpaired) electrons. The lowest BCUT2D eigenvalue weighted by atomic mass is 10.2. The third kappa shape index (κ3) is 4.64. The van der Waals surface area contributed by atoms with E-state index in [1.54, 1.807) is 18.2 Å². The largest absolute Gasteiger partial charge is 0.497 e. The van der Waals surface area contributed by atoms with Crippen LogP contribution in [0.15, 0.2) is 30.5 Å². The minimum Gasteiger partial charge on any atom is -0.497 e. The summed E-state index contributed by atoms with van der Waals surface area (Å²) in [5.41, 5.74) is 0.579. The van der Waals surface area contributed by atoms with Crippen LogP contribution in [0.3, 0.4) is 0 Å². The fourth-order valence-corrected chi connectivity index (χ4v) is 4.42. The molecule has 2 aromatic rings. The van der Waals surface area contributed by atoms with Crippen LogP contribution in [0, 0.1) is 0 Å². The monoisotopic (exact) mass is 392 g/mol. The first kappa shape index (κ1) is 18.9. The van der Waals surface area contributed by atoms with E-state index in [0.717, 1.165) is 0 Å². The predicted octanol–water partition coefficient (Wildman–Crippen LogP) is 1.35. The van der Waals surface area contributed by atoms with Crippen molar-refractivity contribution < 1.29 is 22.7 Å². The number of sulfone groups is 1. The van der Waals surface area contributed by atoms with Crippen molar-refractivity contribution in [3.05, 3.63) is 36.2 Å². The highest BCUT2D eigenvalue weighted by atomic mass is 32.2. The Morgan fingerprint density at radius 3 is 2.70 bits per heavy atom. The number of benzene rings is 1. The van der Waals surface area contributed by atoms with Gasteiger partial charge in [0.05, 0.1) is 31.4 Å². The fourth-order valence-electron chi connectivity index (χ4n) is 2.74. The summed E-state index contributed by atoms with van der Waals surface area (Å²) in [6.07, 6.45) is 1.93. The second-order valence-corrected chi connectivity index (χ2v) is 8.26. The Labute approximate surface area is 157 Å². The van der Waals surface area contributed by atoms with Crippen molar-refractivity contribution >= 4 is 27.4 Å². The number of amides is 1. The summed E-state index contributed by atoms with van der Waals surface area (Å²) in [4.78, 5) is 20.8. The first-order chi connectivity index (χ1) is 12.9. The lowest BCUT2D eigenvalue weighted by Gasteiger charge is -2.13. The molecule has 0 saturated carbocycles. The van der Waals surface area contributed by atoms with Gasteiger partial charge in [-0.15, -0.1) is 0 Å². The number of carbonyl (C=O) groups excluding carboxylic acids is 1. The summed E-state index contributed by atoms with van der Waals surface area (Å²) in [7, 11) is 0.00647. The number of methoxy groups -OCH3 is 2. The average Bonchev–Trinajstić information content (AvgIpc) is 3.00. The van der Waals surface area contributed by atoms with Crippen LogP contribution in [0.4, 0.5) is 11.6 Å². The molecule has 3 rings (SSSR count). The molecule has 0 bridgehead atoms. The Morgan fingerprint density at radius 2 is 2.04 bits per heavy atom. The Kier molecular flexibility index (Phi) is 5.45. The molecule has 2 N–H and O–H groups in total. The quantitative estimate of drug-likeness (QED) is 0.756. The van der Waals surface area contributed by atoms with E-state index in [-0.39, 0.29) is 29.2 Å². The Bertz CT molecular complexity index is 948. The van der Waals surface area contributed by atoms with E-state index >= 15 is 0 Å². The molecule has 0 aliphatic carbocycles. The molecular weight excluding hydrogens is 372 g/mol. The molecule has 1 atom stereocenters. The van der Waals surface area contributed by atoms with Crippen molar-refractivity contribution in [1.82, 2.24) is 9.97 Å². The van der Waals surface area contributed by atoms with Gasteiger partial charge in [-0.2, -0.15) is 0 Å². The normalized spacial score (nSPS) is 17.9. The summed E-state index contributed by atoms with van der Waals surface area (Å²) in [6, 6.07) is 6.25. The van der Waals surface area contributed by atoms with Gasteiger partial charge >= 0.3 is 0 Å². The molecular formula is C17H20N4O5S. The summed E-state index contributed by atoms with van der Waals surface area (Å²) in [6.45, 7) is 0. The Morgan fingerprint density at radius 1 is 1.22 bits per heavy atom. The molecule has 1 amide bonds. The van der Waals surface area contributed by atoms with Gasteiger partial charge in [0, 0.05) is 18.3 Å². The maximum absolute atomic E-state index is 12.6. The molecule has 1 saturated heterocycles. The van der Waals surface area contributed by atoms with E-state index in [9.17, 15) is 13.2 Å². The molecule has 1 fully saturated rings. The van der Waals surface area contributed by atoms with Crippen LogP contribution in [0.1, 0.15) is 16.9 Å². The Balaban J connectivity index is 1.74. The number of ether oxygens (including phenoxy) is 2. The van der Waals surface area contributed by atoms with Gasteiger partial charge in [0.2, 0.25) is 5.95 Å². The van der Waals surface area contributed by atoms with Gasteiger partial charge in [-0.3, -0.25) is 4.79 Å². The van der Waals surface area contributed by atoms with Crippen LogP contribution in [-0.2, 0) is 9.84 Å². The van der Waals surface area contributed by atoms with Crippen LogP contribution >= 0.6 is 0 Å². The number of aromatic nitrogens is 2. The molecule has 1 aliphatic rings. The smallest absolute Gasteiger partial charge is 0.274 e. The van der Waals surface area contributed by atoms with E-state index in [4.69, 9.17) is 9.47 Å². The van der Waals surface area contributed by atoms with E-state index in [1.165, 1.54) is 26.5 Å². The van der Waals surface area contributed by atoms with Gasteiger partial charge < -0.3 is 20.1 Å². The molecule has 1 aliphatic heterocycles. The van der Waals surface area contributed by atoms with Gasteiger partial charge in [-0.05, 0) is 24.6 Å². The molecule has 27 heavy (non-hydrogen) atoms. The van der Waals surface area contributed by atoms with Crippen LogP contribution in [0.25, 0.3) is 0 Å². The zero-order valence-corrected chi connectivity index (χ0v) is 15.7. The number of carbonyl (C=O) groups is 1. The van der Waals surface area contributed by atoms with Crippen LogP contribution in [0.2, 0.25) is 0 Å². The number of nitrogens with zero attached hydrogens (tertiary/aromatic N) is 2. The highest BCUT2D eigenvalue weighted by molar-refractivity contribution is 7.91. The molecule has 144 valence electrons. The highest BCUT2D eigenvalue weighted by Gasteiger charge is 2.28. The van der Waals surface area contributed by atoms with Gasteiger partial charge in [0.25, 0.3) is 5.91 Å². The van der Waals surface area contributed by atoms with Crippen molar-refractivity contribution in [3.63, 3.8) is 0 Å². The average molecular weight is 392 g/mol. The van der Waals surface area contributed by atoms with Crippen molar-refractivity contribution in [2.24, 2.45) is 0 Å². The lowest BCUT2D eigenvalue weighted by molar-refractivity contribution is 0.102. The zero-order valence-electron chi connectivity index (χ0n) is 14.9. The number of anilines is 2. The van der Waals surface area contributed by atoms with E-state index in [2.05, 4.69) is 20.6 Å². The molecule has 1 aromatic carbocycles. The van der Waals surface area contributed by atoms with Crippen LogP contribution in [0.5, 0.6) is 11.5 Å². The third-order valence-corrected chi connectivity index (χ3v) is 5.88. The minimum absolute atomic E-state index is 0.0355. The van der Waals surface area contributed by atoms with Gasteiger partial charge in [-0.1, -0.05) is 0 Å². The third-order valence-electron chi connectivity index (χ3n) is 4.11. The number of nitrogens with one attached hydrogen (secondary N) is 2. The summed E-state index contributed by atoms with van der Waals surface area (Å²) < 4.78 is 33.5. The highest BCUT2D eigenvalue weighted by Crippen LogP contribution is 2.29. The molecule has 1 aromatic heterocycles. The Hall–Kier alpha value is -2.88. The molecule has 10 heteroatoms. The molecule has 0 spiro atoms. The van der Waals surface area contributed by atoms with Crippen molar-refractivity contribution in [2.75, 3.05) is 36.4 Å². The van der Waals surface area contributed by atoms with E-state index in [1.807, 2.05) is 0 Å². The number of hydrogen-bond donors (Lipinski definition) is 2. The lowest BCUT2D eigenvalue weighted by Crippen LogP contribution is -2.23. The zero-order chi connectivity index (χ0) is 19.4. The maximum atomic E-state index is 12.6. The number of hydrogen-bond acceptors (Lipinski definition) is 8. The molecule has 1 unspecified atom stereocenters. The standard InChI is InChI=1S/C17H20N4O5S/c1-25-12-3-4-15(26-2)14(9-12)20-16(22)13-5-7-18-17(21-13)19-11-6-8-27(23,24)10-11/h3-5,7,9,11H,6,8,10H2,1-2H3,(H,20,22)(H,18,19,21). The minimum atomic E-state index is -3.02. The van der Waals surface area contributed by atoms with Crippen molar-refractivity contribution in [3.8, 4) is 11.5 Å². The van der Waals surface area contributed by atoms with E-state index in [0.29, 0.717) is 23.6 Å². The van der Waals surface area contributed by atoms with Gasteiger partial charge in [-0.25, -0.2) is 18.4 Å². The van der Waals surface area contributed by atoms with Crippen LogP contribution < -0.4 is 20.1 Å². The van der Waals surface area contributed by atoms with Crippen molar-refractivity contribution in [2.45, 2.75) is 12.5 Å². The topological polar surface area (TPSA) is 120 Å². The maximum Gasteiger partial charge on any atom is 0.274 e. The predicted molar refractivity (Wildman–Crippen MR) is 100 cm³/mol. The van der Waals surface area contributed by atoms with E-state index < -0.39 is 15.7 Å². The molecule has 9 nitrogen and oxygen atoms in total. The summed E-state index contributed by atoms with van der Waals surface area (Å²) in [5, 5.41) is 5.70. The molecule has 2 heterocycles. The summed E-state index contributed by atoms with van der Waals surface area (Å²) >= 11 is 0. The van der Waals surface area contributed by atoms with Gasteiger partial charge in [0.1, 0.15) is 17.2 Å². The first-order valence-corrected chi connectivity index (χ1v) is 10.1. The second kappa shape index (κ2) is 7.78. The summed E-state index contributed by atoms with van der Waals surface area (Å²) in [5.74, 6) is 0.980. The van der Waals surface area contributed by atoms with Gasteiger partial charge in [0.15, 0.2) is 9.84 Å². The second-order valence-electron chi connectivity index (χ2n) is 6.03. The van der Waals surface area contributed by atoms with Crippen LogP contribution in [-0.4, -0.2) is 56.1 Å². The number of rotatable bonds is 6. The fraction of sp³-hybridized carbons (Fsp3) is 0.353. The SMILES string of the molecule is COc1ccc(OC)c(NC(=O)c2ccnc(NC3CCS(=O)(=O)C3)n2)c1.